The van der Waals surface area contributed by atoms with Crippen molar-refractivity contribution in [2.75, 3.05) is 19.5 Å². The van der Waals surface area contributed by atoms with Gasteiger partial charge in [-0.1, -0.05) is 0 Å². The molecule has 0 unspecified atom stereocenters. The predicted molar refractivity (Wildman–Crippen MR) is 45.1 cm³/mol. The zero-order valence-electron chi connectivity index (χ0n) is 7.01. The second kappa shape index (κ2) is 3.23. The van der Waals surface area contributed by atoms with E-state index in [-0.39, 0.29) is 0 Å². The molecule has 3 nitrogen and oxygen atoms in total. The molecule has 0 saturated heterocycles. The number of nitrogens with zero attached hydrogens (tertiary/aromatic N) is 1. The van der Waals surface area contributed by atoms with E-state index in [1.54, 1.807) is 13.3 Å². The van der Waals surface area contributed by atoms with Crippen molar-refractivity contribution < 1.29 is 4.74 Å². The van der Waals surface area contributed by atoms with Gasteiger partial charge in [-0.05, 0) is 18.6 Å². The summed E-state index contributed by atoms with van der Waals surface area (Å²) in [5.74, 6) is 0.646. The van der Waals surface area contributed by atoms with Crippen LogP contribution in [0.25, 0.3) is 0 Å². The maximum atomic E-state index is 5.04. The van der Waals surface area contributed by atoms with Gasteiger partial charge in [-0.25, -0.2) is 4.98 Å². The number of pyridine rings is 1. The second-order valence-corrected chi connectivity index (χ2v) is 2.26. The van der Waals surface area contributed by atoms with Gasteiger partial charge in [-0.2, -0.15) is 0 Å². The zero-order chi connectivity index (χ0) is 8.27. The van der Waals surface area contributed by atoms with E-state index in [0.29, 0.717) is 5.88 Å². The Morgan fingerprint density at radius 3 is 2.73 bits per heavy atom. The molecular formula is C8H12N2O. The van der Waals surface area contributed by atoms with E-state index in [1.165, 1.54) is 0 Å². The predicted octanol–water partition coefficient (Wildman–Crippen LogP) is 1.44. The van der Waals surface area contributed by atoms with Crippen molar-refractivity contribution in [1.29, 1.82) is 0 Å². The molecule has 11 heavy (non-hydrogen) atoms. The Labute approximate surface area is 66.4 Å². The number of rotatable bonds is 2. The first-order chi connectivity index (χ1) is 5.29. The number of aromatic nitrogens is 1. The molecule has 1 heterocycles. The molecule has 0 amide bonds. The van der Waals surface area contributed by atoms with Gasteiger partial charge in [0.1, 0.15) is 0 Å². The number of anilines is 1. The van der Waals surface area contributed by atoms with Crippen molar-refractivity contribution in [1.82, 2.24) is 4.98 Å². The van der Waals surface area contributed by atoms with Gasteiger partial charge < -0.3 is 10.1 Å². The van der Waals surface area contributed by atoms with Crippen molar-refractivity contribution in [3.8, 4) is 5.88 Å². The molecule has 0 spiro atoms. The average molecular weight is 152 g/mol. The van der Waals surface area contributed by atoms with Gasteiger partial charge in [0.25, 0.3) is 0 Å². The topological polar surface area (TPSA) is 34.2 Å². The summed E-state index contributed by atoms with van der Waals surface area (Å²) in [7, 11) is 3.47. The van der Waals surface area contributed by atoms with E-state index in [0.717, 1.165) is 11.3 Å². The highest BCUT2D eigenvalue weighted by atomic mass is 16.5. The Balaban J connectivity index is 3.13. The van der Waals surface area contributed by atoms with E-state index < -0.39 is 0 Å². The minimum Gasteiger partial charge on any atom is -0.480 e. The fraction of sp³-hybridized carbons (Fsp3) is 0.375. The van der Waals surface area contributed by atoms with Gasteiger partial charge in [-0.3, -0.25) is 0 Å². The highest BCUT2D eigenvalue weighted by Gasteiger charge is 2.03. The highest BCUT2D eigenvalue weighted by Crippen LogP contribution is 2.23. The first-order valence-electron chi connectivity index (χ1n) is 3.47. The molecule has 0 fully saturated rings. The lowest BCUT2D eigenvalue weighted by molar-refractivity contribution is 0.399. The normalized spacial score (nSPS) is 9.36. The summed E-state index contributed by atoms with van der Waals surface area (Å²) in [5.41, 5.74) is 2.09. The first kappa shape index (κ1) is 7.85. The third-order valence-corrected chi connectivity index (χ3v) is 1.57. The largest absolute Gasteiger partial charge is 0.480 e. The van der Waals surface area contributed by atoms with Crippen molar-refractivity contribution in [2.45, 2.75) is 6.92 Å². The smallest absolute Gasteiger partial charge is 0.237 e. The van der Waals surface area contributed by atoms with Crippen molar-refractivity contribution >= 4 is 5.69 Å². The van der Waals surface area contributed by atoms with Crippen LogP contribution in [0, 0.1) is 6.92 Å². The summed E-state index contributed by atoms with van der Waals surface area (Å²) in [4.78, 5) is 4.04. The molecule has 0 aromatic carbocycles. The monoisotopic (exact) mass is 152 g/mol. The number of hydrogen-bond donors (Lipinski definition) is 1. The fourth-order valence-electron chi connectivity index (χ4n) is 0.992. The van der Waals surface area contributed by atoms with Crippen LogP contribution >= 0.6 is 0 Å². The van der Waals surface area contributed by atoms with Crippen LogP contribution in [0.3, 0.4) is 0 Å². The number of aryl methyl sites for hydroxylation is 1. The number of nitrogens with one attached hydrogen (secondary N) is 1. The Bertz CT molecular complexity index is 248. The molecule has 0 aliphatic heterocycles. The molecule has 0 saturated carbocycles. The van der Waals surface area contributed by atoms with Gasteiger partial charge in [-0.15, -0.1) is 0 Å². The van der Waals surface area contributed by atoms with E-state index in [9.17, 15) is 0 Å². The van der Waals surface area contributed by atoms with Gasteiger partial charge in [0, 0.05) is 13.2 Å². The molecule has 0 bridgehead atoms. The third kappa shape index (κ3) is 1.42. The van der Waals surface area contributed by atoms with Gasteiger partial charge in [0.15, 0.2) is 0 Å². The third-order valence-electron chi connectivity index (χ3n) is 1.57. The Morgan fingerprint density at radius 2 is 2.27 bits per heavy atom. The second-order valence-electron chi connectivity index (χ2n) is 2.26. The lowest BCUT2D eigenvalue weighted by atomic mass is 10.2. The van der Waals surface area contributed by atoms with Crippen LogP contribution in [0.4, 0.5) is 5.69 Å². The Kier molecular flexibility index (Phi) is 2.31. The molecule has 1 N–H and O–H groups in total. The average Bonchev–Trinajstić information content (AvgIpc) is 2.04. The molecule has 0 radical (unpaired) electrons. The molecule has 1 rings (SSSR count). The van der Waals surface area contributed by atoms with Crippen LogP contribution in [0.15, 0.2) is 12.3 Å². The molecule has 0 aliphatic carbocycles. The van der Waals surface area contributed by atoms with Gasteiger partial charge >= 0.3 is 0 Å². The van der Waals surface area contributed by atoms with Gasteiger partial charge in [0.2, 0.25) is 5.88 Å². The van der Waals surface area contributed by atoms with Crippen LogP contribution in [-0.4, -0.2) is 19.1 Å². The zero-order valence-corrected chi connectivity index (χ0v) is 7.01. The molecule has 3 heteroatoms. The van der Waals surface area contributed by atoms with Crippen LogP contribution in [0.1, 0.15) is 5.56 Å². The Morgan fingerprint density at radius 1 is 1.55 bits per heavy atom. The fourth-order valence-corrected chi connectivity index (χ4v) is 0.992. The van der Waals surface area contributed by atoms with Crippen molar-refractivity contribution in [3.05, 3.63) is 17.8 Å². The lowest BCUT2D eigenvalue weighted by Crippen LogP contribution is -1.97. The lowest BCUT2D eigenvalue weighted by Gasteiger charge is -2.08. The van der Waals surface area contributed by atoms with Crippen LogP contribution in [0.2, 0.25) is 0 Å². The minimum atomic E-state index is 0.646. The summed E-state index contributed by atoms with van der Waals surface area (Å²) in [6, 6.07) is 1.94. The highest BCUT2D eigenvalue weighted by molar-refractivity contribution is 5.57. The van der Waals surface area contributed by atoms with E-state index in [1.807, 2.05) is 20.0 Å². The molecule has 0 atom stereocenters. The van der Waals surface area contributed by atoms with E-state index in [2.05, 4.69) is 10.3 Å². The standard InChI is InChI=1S/C8H12N2O/c1-6-4-5-10-8(11-3)7(6)9-2/h4-5,9H,1-3H3. The number of methoxy groups -OCH3 is 1. The maximum absolute atomic E-state index is 5.04. The van der Waals surface area contributed by atoms with Crippen LogP contribution in [0.5, 0.6) is 5.88 Å². The van der Waals surface area contributed by atoms with Gasteiger partial charge in [0.05, 0.1) is 12.8 Å². The van der Waals surface area contributed by atoms with Crippen molar-refractivity contribution in [2.24, 2.45) is 0 Å². The van der Waals surface area contributed by atoms with Crippen LogP contribution in [-0.2, 0) is 0 Å². The van der Waals surface area contributed by atoms with Crippen LogP contribution < -0.4 is 10.1 Å². The molecule has 1 aromatic heterocycles. The Hall–Kier alpha value is -1.25. The minimum absolute atomic E-state index is 0.646. The summed E-state index contributed by atoms with van der Waals surface area (Å²) in [6.45, 7) is 2.01. The summed E-state index contributed by atoms with van der Waals surface area (Å²) in [5, 5.41) is 3.03. The van der Waals surface area contributed by atoms with E-state index in [4.69, 9.17) is 4.74 Å². The SMILES string of the molecule is CNc1c(C)ccnc1OC. The summed E-state index contributed by atoms with van der Waals surface area (Å²) >= 11 is 0. The summed E-state index contributed by atoms with van der Waals surface area (Å²) < 4.78 is 5.04. The quantitative estimate of drug-likeness (QED) is 0.696. The number of ether oxygens (including phenoxy) is 1. The molecule has 0 aliphatic rings. The summed E-state index contributed by atoms with van der Waals surface area (Å²) in [6.07, 6.45) is 1.73. The maximum Gasteiger partial charge on any atom is 0.237 e. The first-order valence-corrected chi connectivity index (χ1v) is 3.47. The molecule has 1 aromatic rings. The van der Waals surface area contributed by atoms with Crippen molar-refractivity contribution in [3.63, 3.8) is 0 Å². The number of hydrogen-bond acceptors (Lipinski definition) is 3. The molecular weight excluding hydrogens is 140 g/mol. The molecule has 60 valence electrons. The van der Waals surface area contributed by atoms with E-state index >= 15 is 0 Å².